The highest BCUT2D eigenvalue weighted by atomic mass is 13.6. The van der Waals surface area contributed by atoms with Gasteiger partial charge in [-0.1, -0.05) is 20.2 Å². The fraction of sp³-hybridized carbons (Fsp3) is 0.750. The summed E-state index contributed by atoms with van der Waals surface area (Å²) in [6.07, 6.45) is 2.92. The van der Waals surface area contributed by atoms with Crippen LogP contribution in [0.15, 0.2) is 0 Å². The number of rotatable bonds is 1. The van der Waals surface area contributed by atoms with Gasteiger partial charge in [0.25, 0.3) is 0 Å². The molecule has 0 aromatic rings. The van der Waals surface area contributed by atoms with Gasteiger partial charge in [0, 0.05) is 1.37 Å². The van der Waals surface area contributed by atoms with Crippen molar-refractivity contribution in [3.8, 4) is 0 Å². The number of hydrogen-bond donors (Lipinski definition) is 0. The molecule has 0 unspecified atom stereocenters. The van der Waals surface area contributed by atoms with Crippen LogP contribution in [0.4, 0.5) is 0 Å². The molecule has 0 rings (SSSR count). The number of hydrogen-bond acceptors (Lipinski definition) is 0. The molecule has 0 saturated carbocycles. The standard InChI is InChI=1S/C4H9/c1-3-4-2/h3H,4H2,1-2H3/i2D. The first kappa shape index (κ1) is 2.25. The van der Waals surface area contributed by atoms with E-state index in [2.05, 4.69) is 0 Å². The molecule has 0 aliphatic carbocycles. The molecule has 0 aromatic heterocycles. The van der Waals surface area contributed by atoms with E-state index in [1.54, 1.807) is 0 Å². The van der Waals surface area contributed by atoms with Crippen molar-refractivity contribution in [2.45, 2.75) is 20.2 Å². The van der Waals surface area contributed by atoms with Crippen LogP contribution in [0.2, 0.25) is 0 Å². The fourth-order valence-corrected chi connectivity index (χ4v) is 0. The first-order valence-corrected chi connectivity index (χ1v) is 1.49. The van der Waals surface area contributed by atoms with Crippen LogP contribution in [0.1, 0.15) is 21.6 Å². The zero-order chi connectivity index (χ0) is 4.12. The largest absolute Gasteiger partial charge is 0.0651 e. The van der Waals surface area contributed by atoms with Gasteiger partial charge in [-0.05, 0) is 6.42 Å². The molecular weight excluding hydrogens is 48.0 g/mol. The van der Waals surface area contributed by atoms with Crippen LogP contribution in [0.5, 0.6) is 0 Å². The molecule has 0 saturated heterocycles. The van der Waals surface area contributed by atoms with Crippen LogP contribution < -0.4 is 0 Å². The Bertz CT molecular complexity index is 11.1. The van der Waals surface area contributed by atoms with E-state index < -0.39 is 0 Å². The Morgan fingerprint density at radius 2 is 3.00 bits per heavy atom. The average Bonchev–Trinajstić information content (AvgIpc) is 1.41. The van der Waals surface area contributed by atoms with Gasteiger partial charge in [-0.3, -0.25) is 0 Å². The summed E-state index contributed by atoms with van der Waals surface area (Å²) in [4.78, 5) is 0. The first-order chi connectivity index (χ1) is 2.41. The van der Waals surface area contributed by atoms with Crippen molar-refractivity contribution in [1.29, 1.82) is 0 Å². The van der Waals surface area contributed by atoms with Gasteiger partial charge in [0.05, 0.1) is 0 Å². The van der Waals surface area contributed by atoms with E-state index in [0.717, 1.165) is 6.42 Å². The maximum absolute atomic E-state index is 6.57. The summed E-state index contributed by atoms with van der Waals surface area (Å²) in [5.74, 6) is 0. The highest BCUT2D eigenvalue weighted by Crippen LogP contribution is 1.74. The van der Waals surface area contributed by atoms with Gasteiger partial charge in [0.2, 0.25) is 0 Å². The molecule has 0 heterocycles. The Morgan fingerprint density at radius 3 is 3.00 bits per heavy atom. The van der Waals surface area contributed by atoms with Gasteiger partial charge in [-0.2, -0.15) is 0 Å². The van der Waals surface area contributed by atoms with E-state index >= 15 is 0 Å². The van der Waals surface area contributed by atoms with E-state index in [1.165, 1.54) is 0 Å². The number of unbranched alkanes of at least 4 members (excludes halogenated alkanes) is 1. The lowest BCUT2D eigenvalue weighted by atomic mass is 10.4. The molecule has 0 aliphatic heterocycles. The summed E-state index contributed by atoms with van der Waals surface area (Å²) in [6.45, 7) is 2.50. The second-order valence-corrected chi connectivity index (χ2v) is 0.697. The quantitative estimate of drug-likeness (QED) is 0.429. The lowest BCUT2D eigenvalue weighted by Crippen LogP contribution is -1.50. The van der Waals surface area contributed by atoms with Crippen LogP contribution in [0.3, 0.4) is 0 Å². The Balaban J connectivity index is 2.19. The molecule has 0 aromatic carbocycles. The highest BCUT2D eigenvalue weighted by Gasteiger charge is 1.57. The van der Waals surface area contributed by atoms with Crippen molar-refractivity contribution >= 4 is 0 Å². The lowest BCUT2D eigenvalue weighted by Gasteiger charge is -1.67. The Kier molecular flexibility index (Phi) is 1.69. The summed E-state index contributed by atoms with van der Waals surface area (Å²) in [5.41, 5.74) is 0. The Morgan fingerprint density at radius 1 is 2.25 bits per heavy atom. The molecule has 0 amide bonds. The zero-order valence-corrected chi connectivity index (χ0v) is 2.99. The molecule has 1 radical (unpaired) electrons. The Labute approximate surface area is 29.2 Å². The molecule has 25 valence electrons. The van der Waals surface area contributed by atoms with Crippen LogP contribution in [-0.4, -0.2) is 0 Å². The van der Waals surface area contributed by atoms with Gasteiger partial charge >= 0.3 is 0 Å². The second-order valence-electron chi connectivity index (χ2n) is 0.697. The molecule has 4 heavy (non-hydrogen) atoms. The van der Waals surface area contributed by atoms with Crippen molar-refractivity contribution in [3.63, 3.8) is 0 Å². The second kappa shape index (κ2) is 3.00. The summed E-state index contributed by atoms with van der Waals surface area (Å²) >= 11 is 0. The molecule has 0 N–H and O–H groups in total. The molecule has 0 fully saturated rings. The van der Waals surface area contributed by atoms with Gasteiger partial charge < -0.3 is 0 Å². The van der Waals surface area contributed by atoms with Crippen LogP contribution in [0, 0.1) is 6.42 Å². The average molecular weight is 58.1 g/mol. The smallest absolute Gasteiger partial charge is 0.0230 e. The third kappa shape index (κ3) is 2.00. The zero-order valence-electron chi connectivity index (χ0n) is 3.99. The van der Waals surface area contributed by atoms with E-state index in [1.807, 2.05) is 13.3 Å². The molecule has 0 heteroatoms. The van der Waals surface area contributed by atoms with Crippen molar-refractivity contribution in [3.05, 3.63) is 6.42 Å². The van der Waals surface area contributed by atoms with E-state index in [-0.39, 0.29) is 0 Å². The molecule has 0 spiro atoms. The van der Waals surface area contributed by atoms with Gasteiger partial charge in [-0.25, -0.2) is 0 Å². The van der Waals surface area contributed by atoms with Gasteiger partial charge in [0.15, 0.2) is 0 Å². The third-order valence-electron chi connectivity index (χ3n) is 0.289. The topological polar surface area (TPSA) is 0 Å². The minimum atomic E-state index is 0.538. The predicted octanol–water partition coefficient (Wildman–Crippen LogP) is 1.62. The lowest BCUT2D eigenvalue weighted by molar-refractivity contribution is 1.10. The normalized spacial score (nSPS) is 10.8. The third-order valence-corrected chi connectivity index (χ3v) is 0.289. The summed E-state index contributed by atoms with van der Waals surface area (Å²) in [6, 6.07) is 0. The minimum Gasteiger partial charge on any atom is -0.0651 e. The minimum absolute atomic E-state index is 0.538. The van der Waals surface area contributed by atoms with Gasteiger partial charge in [0.1, 0.15) is 0 Å². The van der Waals surface area contributed by atoms with Crippen LogP contribution >= 0.6 is 0 Å². The van der Waals surface area contributed by atoms with Crippen LogP contribution in [-0.2, 0) is 0 Å². The van der Waals surface area contributed by atoms with Crippen LogP contribution in [0.25, 0.3) is 0 Å². The summed E-state index contributed by atoms with van der Waals surface area (Å²) in [5, 5.41) is 0. The summed E-state index contributed by atoms with van der Waals surface area (Å²) < 4.78 is 6.57. The maximum atomic E-state index is 6.57. The fourth-order valence-electron chi connectivity index (χ4n) is 0. The first-order valence-electron chi connectivity index (χ1n) is 2.19. The molecule has 0 nitrogen and oxygen atoms in total. The van der Waals surface area contributed by atoms with E-state index in [0.29, 0.717) is 6.90 Å². The van der Waals surface area contributed by atoms with E-state index in [4.69, 9.17) is 1.37 Å². The van der Waals surface area contributed by atoms with Crippen molar-refractivity contribution in [1.82, 2.24) is 0 Å². The van der Waals surface area contributed by atoms with Crippen molar-refractivity contribution in [2.75, 3.05) is 0 Å². The molecule has 0 bridgehead atoms. The SMILES string of the molecule is [2H]CC[CH]C. The predicted molar refractivity (Wildman–Crippen MR) is 20.3 cm³/mol. The highest BCUT2D eigenvalue weighted by molar-refractivity contribution is 4.45. The van der Waals surface area contributed by atoms with E-state index in [9.17, 15) is 0 Å². The van der Waals surface area contributed by atoms with Gasteiger partial charge in [-0.15, -0.1) is 0 Å². The van der Waals surface area contributed by atoms with Crippen molar-refractivity contribution in [2.24, 2.45) is 0 Å². The monoisotopic (exact) mass is 58.1 g/mol. The summed E-state index contributed by atoms with van der Waals surface area (Å²) in [7, 11) is 0. The molecular formula is C4H9. The van der Waals surface area contributed by atoms with Crippen molar-refractivity contribution < 1.29 is 1.37 Å². The Hall–Kier alpha value is 0. The maximum Gasteiger partial charge on any atom is 0.0230 e. The molecule has 0 aliphatic rings. The molecule has 0 atom stereocenters.